The first-order chi connectivity index (χ1) is 10.4. The molecule has 0 amide bonds. The number of hydrogen-bond donors (Lipinski definition) is 0. The smallest absolute Gasteiger partial charge is 0.357 e. The molecule has 0 fully saturated rings. The van der Waals surface area contributed by atoms with Crippen molar-refractivity contribution in [2.45, 2.75) is 27.2 Å². The highest BCUT2D eigenvalue weighted by Crippen LogP contribution is 2.57. The molecule has 0 bridgehead atoms. The molecule has 0 N–H and O–H groups in total. The van der Waals surface area contributed by atoms with Crippen LogP contribution in [-0.4, -0.2) is 26.1 Å². The molecule has 0 radical (unpaired) electrons. The van der Waals surface area contributed by atoms with Crippen molar-refractivity contribution in [1.82, 2.24) is 0 Å². The predicted octanol–water partition coefficient (Wildman–Crippen LogP) is 4.28. The molecule has 22 heavy (non-hydrogen) atoms. The van der Waals surface area contributed by atoms with Gasteiger partial charge < -0.3 is 13.8 Å². The summed E-state index contributed by atoms with van der Waals surface area (Å²) in [6.45, 7) is 5.42. The van der Waals surface area contributed by atoms with Crippen molar-refractivity contribution in [1.29, 1.82) is 0 Å². The summed E-state index contributed by atoms with van der Waals surface area (Å²) in [5, 5.41) is 0.369. The molecule has 0 aliphatic heterocycles. The van der Waals surface area contributed by atoms with Gasteiger partial charge in [0, 0.05) is 11.7 Å². The lowest BCUT2D eigenvalue weighted by Crippen LogP contribution is -2.02. The summed E-state index contributed by atoms with van der Waals surface area (Å²) in [5.41, 5.74) is 0.802. The number of rotatable bonds is 9. The maximum absolute atomic E-state index is 12.9. The van der Waals surface area contributed by atoms with E-state index < -0.39 is 7.60 Å². The number of benzene rings is 1. The highest BCUT2D eigenvalue weighted by atomic mass is 31.2. The molecule has 1 aromatic carbocycles. The summed E-state index contributed by atoms with van der Waals surface area (Å²) in [4.78, 5) is 11.5. The second-order valence-electron chi connectivity index (χ2n) is 4.62. The topological polar surface area (TPSA) is 61.8 Å². The molecule has 1 rings (SSSR count). The maximum atomic E-state index is 12.9. The van der Waals surface area contributed by atoms with E-state index in [2.05, 4.69) is 0 Å². The molecule has 6 heteroatoms. The van der Waals surface area contributed by atoms with Crippen LogP contribution in [0, 0.1) is 0 Å². The van der Waals surface area contributed by atoms with Gasteiger partial charge in [-0.3, -0.25) is 9.36 Å². The third kappa shape index (κ3) is 5.41. The van der Waals surface area contributed by atoms with Gasteiger partial charge in [0.1, 0.15) is 11.5 Å². The molecule has 0 spiro atoms. The Labute approximate surface area is 131 Å². The molecule has 0 aliphatic rings. The van der Waals surface area contributed by atoms with Crippen molar-refractivity contribution in [3.05, 3.63) is 35.1 Å². The van der Waals surface area contributed by atoms with Gasteiger partial charge in [0.05, 0.1) is 20.3 Å². The van der Waals surface area contributed by atoms with Gasteiger partial charge in [0.15, 0.2) is 0 Å². The summed E-state index contributed by atoms with van der Waals surface area (Å²) in [5.74, 6) is 0.627. The van der Waals surface area contributed by atoms with E-state index in [0.29, 0.717) is 5.31 Å². The minimum atomic E-state index is -3.46. The minimum absolute atomic E-state index is 0.0311. The number of methoxy groups -OCH3 is 1. The van der Waals surface area contributed by atoms with Crippen LogP contribution >= 0.6 is 7.60 Å². The van der Waals surface area contributed by atoms with Crippen LogP contribution in [0.4, 0.5) is 0 Å². The SMILES string of the molecule is CCOP(=O)(OCC)/C(=C\c1ccc(OC)cc1)CC(C)=O. The maximum Gasteiger partial charge on any atom is 0.357 e. The number of ketones is 1. The quantitative estimate of drug-likeness (QED) is 0.634. The lowest BCUT2D eigenvalue weighted by molar-refractivity contribution is -0.116. The Morgan fingerprint density at radius 3 is 2.09 bits per heavy atom. The van der Waals surface area contributed by atoms with Gasteiger partial charge in [0.25, 0.3) is 0 Å². The van der Waals surface area contributed by atoms with Crippen molar-refractivity contribution in [2.75, 3.05) is 20.3 Å². The van der Waals surface area contributed by atoms with Crippen LogP contribution in [0.5, 0.6) is 5.75 Å². The third-order valence-electron chi connectivity index (χ3n) is 2.83. The van der Waals surface area contributed by atoms with Gasteiger partial charge in [-0.15, -0.1) is 0 Å². The van der Waals surface area contributed by atoms with E-state index >= 15 is 0 Å². The number of carbonyl (C=O) groups excluding carboxylic acids is 1. The first kappa shape index (κ1) is 18.6. The van der Waals surface area contributed by atoms with Crippen molar-refractivity contribution >= 4 is 19.5 Å². The van der Waals surface area contributed by atoms with Crippen molar-refractivity contribution in [3.63, 3.8) is 0 Å². The first-order valence-electron chi connectivity index (χ1n) is 7.19. The fraction of sp³-hybridized carbons (Fsp3) is 0.438. The Balaban J connectivity index is 3.21. The van der Waals surface area contributed by atoms with Gasteiger partial charge in [0.2, 0.25) is 0 Å². The zero-order valence-corrected chi connectivity index (χ0v) is 14.4. The van der Waals surface area contributed by atoms with Crippen molar-refractivity contribution in [3.8, 4) is 5.75 Å². The van der Waals surface area contributed by atoms with Gasteiger partial charge in [-0.05, 0) is 44.5 Å². The van der Waals surface area contributed by atoms with E-state index in [4.69, 9.17) is 13.8 Å². The fourth-order valence-electron chi connectivity index (χ4n) is 1.92. The van der Waals surface area contributed by atoms with E-state index in [0.717, 1.165) is 11.3 Å². The average Bonchev–Trinajstić information content (AvgIpc) is 2.47. The summed E-state index contributed by atoms with van der Waals surface area (Å²) in [6.07, 6.45) is 1.72. The molecule has 122 valence electrons. The van der Waals surface area contributed by atoms with Crippen LogP contribution < -0.4 is 4.74 Å². The Morgan fingerprint density at radius 1 is 1.14 bits per heavy atom. The normalized spacial score (nSPS) is 12.3. The minimum Gasteiger partial charge on any atom is -0.497 e. The van der Waals surface area contributed by atoms with Crippen LogP contribution in [0.25, 0.3) is 6.08 Å². The zero-order valence-electron chi connectivity index (χ0n) is 13.5. The number of hydrogen-bond acceptors (Lipinski definition) is 5. The summed E-state index contributed by atoms with van der Waals surface area (Å²) in [6, 6.07) is 7.23. The van der Waals surface area contributed by atoms with Gasteiger partial charge in [-0.2, -0.15) is 0 Å². The Kier molecular flexibility index (Phi) is 7.52. The first-order valence-corrected chi connectivity index (χ1v) is 8.73. The molecule has 5 nitrogen and oxygen atoms in total. The predicted molar refractivity (Wildman–Crippen MR) is 87.1 cm³/mol. The summed E-state index contributed by atoms with van der Waals surface area (Å²) < 4.78 is 28.7. The van der Waals surface area contributed by atoms with Crippen LogP contribution in [-0.2, 0) is 18.4 Å². The largest absolute Gasteiger partial charge is 0.497 e. The average molecular weight is 326 g/mol. The van der Waals surface area contributed by atoms with Crippen molar-refractivity contribution in [2.24, 2.45) is 0 Å². The molecule has 0 aliphatic carbocycles. The van der Waals surface area contributed by atoms with E-state index in [1.54, 1.807) is 39.2 Å². The van der Waals surface area contributed by atoms with Crippen LogP contribution in [0.1, 0.15) is 32.8 Å². The van der Waals surface area contributed by atoms with E-state index in [1.807, 2.05) is 12.1 Å². The summed E-state index contributed by atoms with van der Waals surface area (Å²) >= 11 is 0. The van der Waals surface area contributed by atoms with Crippen LogP contribution in [0.15, 0.2) is 29.6 Å². The molecule has 0 saturated heterocycles. The van der Waals surface area contributed by atoms with Gasteiger partial charge in [-0.1, -0.05) is 12.1 Å². The highest BCUT2D eigenvalue weighted by Gasteiger charge is 2.30. The molecule has 0 heterocycles. The van der Waals surface area contributed by atoms with E-state index in [1.165, 1.54) is 6.92 Å². The monoisotopic (exact) mass is 326 g/mol. The molecule has 1 aromatic rings. The third-order valence-corrected chi connectivity index (χ3v) is 5.02. The number of carbonyl (C=O) groups is 1. The van der Waals surface area contributed by atoms with Gasteiger partial charge in [-0.25, -0.2) is 0 Å². The van der Waals surface area contributed by atoms with Crippen LogP contribution in [0.3, 0.4) is 0 Å². The number of ether oxygens (including phenoxy) is 1. The lowest BCUT2D eigenvalue weighted by Gasteiger charge is -2.19. The Morgan fingerprint density at radius 2 is 1.68 bits per heavy atom. The number of Topliss-reactive ketones (excluding diaryl/α,β-unsaturated/α-hetero) is 1. The Bertz CT molecular complexity index is 552. The van der Waals surface area contributed by atoms with Crippen molar-refractivity contribution < 1.29 is 23.1 Å². The molecule has 0 aromatic heterocycles. The van der Waals surface area contributed by atoms with E-state index in [-0.39, 0.29) is 25.4 Å². The summed E-state index contributed by atoms with van der Waals surface area (Å²) in [7, 11) is -1.87. The molecular weight excluding hydrogens is 303 g/mol. The second-order valence-corrected chi connectivity index (χ2v) is 6.71. The van der Waals surface area contributed by atoms with E-state index in [9.17, 15) is 9.36 Å². The molecule has 0 saturated carbocycles. The lowest BCUT2D eigenvalue weighted by atomic mass is 10.2. The Hall–Kier alpha value is -1.42. The zero-order chi connectivity index (χ0) is 16.6. The highest BCUT2D eigenvalue weighted by molar-refractivity contribution is 7.58. The standard InChI is InChI=1S/C16H23O5P/c1-5-20-22(18,21-6-2)16(11-13(3)17)12-14-7-9-15(19-4)10-8-14/h7-10,12H,5-6,11H2,1-4H3/b16-12-. The molecule has 0 unspecified atom stereocenters. The molecular formula is C16H23O5P. The second kappa shape index (κ2) is 8.89. The number of allylic oxidation sites excluding steroid dienone is 1. The molecule has 0 atom stereocenters. The van der Waals surface area contributed by atoms with Crippen LogP contribution in [0.2, 0.25) is 0 Å². The fourth-order valence-corrected chi connectivity index (χ4v) is 3.73. The van der Waals surface area contributed by atoms with Gasteiger partial charge >= 0.3 is 7.60 Å².